The molecule has 0 bridgehead atoms. The summed E-state index contributed by atoms with van der Waals surface area (Å²) in [5.74, 6) is -0.701. The third kappa shape index (κ3) is 6.17. The van der Waals surface area contributed by atoms with Crippen molar-refractivity contribution in [2.24, 2.45) is 0 Å². The maximum absolute atomic E-state index is 13.9. The summed E-state index contributed by atoms with van der Waals surface area (Å²) in [5, 5.41) is 8.13. The van der Waals surface area contributed by atoms with E-state index in [2.05, 4.69) is 45.2 Å². The molecule has 5 rings (SSSR count). The van der Waals surface area contributed by atoms with Crippen molar-refractivity contribution in [1.29, 1.82) is 0 Å². The summed E-state index contributed by atoms with van der Waals surface area (Å²) in [6, 6.07) is 16.2. The van der Waals surface area contributed by atoms with Crippen LogP contribution in [-0.4, -0.2) is 89.1 Å². The number of carbonyl (C=O) groups excluding carboxylic acids is 2. The first-order valence-corrected chi connectivity index (χ1v) is 13.2. The molecule has 0 saturated carbocycles. The average molecular weight is 533 g/mol. The highest BCUT2D eigenvalue weighted by Crippen LogP contribution is 2.30. The molecule has 39 heavy (non-hydrogen) atoms. The summed E-state index contributed by atoms with van der Waals surface area (Å²) < 4.78 is 19.8. The molecular weight excluding hydrogens is 499 g/mol. The van der Waals surface area contributed by atoms with Crippen LogP contribution in [0.15, 0.2) is 66.4 Å². The van der Waals surface area contributed by atoms with Gasteiger partial charge in [-0.05, 0) is 43.2 Å². The topological polar surface area (TPSA) is 83.8 Å². The van der Waals surface area contributed by atoms with Crippen molar-refractivity contribution in [1.82, 2.24) is 24.8 Å². The van der Waals surface area contributed by atoms with Gasteiger partial charge in [-0.15, -0.1) is 5.10 Å². The first kappa shape index (κ1) is 26.6. The van der Waals surface area contributed by atoms with Crippen LogP contribution in [0.2, 0.25) is 0 Å². The summed E-state index contributed by atoms with van der Waals surface area (Å²) in [7, 11) is 1.31. The van der Waals surface area contributed by atoms with E-state index in [9.17, 15) is 14.0 Å². The zero-order valence-electron chi connectivity index (χ0n) is 22.2. The maximum Gasteiger partial charge on any atom is 0.360 e. The molecule has 3 aromatic rings. The standard InChI is InChI=1S/C29H33FN6O3/c1-21(16-22-6-4-3-5-7-22)18-35-19-25(36-20-26(31-32-36)29(38)39-2)17-27(35)28(37)34-14-12-33(13-15-34)24-10-8-23(30)9-11-24/h3-11,16,20,25,27H,12-15,17-19H2,1-2H3/b21-16+/t25-,27+/m1/s1. The summed E-state index contributed by atoms with van der Waals surface area (Å²) >= 11 is 0. The van der Waals surface area contributed by atoms with E-state index in [0.29, 0.717) is 45.7 Å². The first-order valence-electron chi connectivity index (χ1n) is 13.2. The van der Waals surface area contributed by atoms with Crippen molar-refractivity contribution in [3.8, 4) is 0 Å². The Kier molecular flexibility index (Phi) is 8.02. The number of anilines is 1. The van der Waals surface area contributed by atoms with E-state index in [1.54, 1.807) is 23.0 Å². The van der Waals surface area contributed by atoms with Gasteiger partial charge in [-0.1, -0.05) is 47.2 Å². The van der Waals surface area contributed by atoms with Crippen molar-refractivity contribution in [2.45, 2.75) is 25.4 Å². The van der Waals surface area contributed by atoms with Crippen LogP contribution >= 0.6 is 0 Å². The number of rotatable bonds is 7. The van der Waals surface area contributed by atoms with Crippen LogP contribution < -0.4 is 4.90 Å². The minimum Gasteiger partial charge on any atom is -0.464 e. The van der Waals surface area contributed by atoms with Gasteiger partial charge in [-0.2, -0.15) is 0 Å². The fraction of sp³-hybridized carbons (Fsp3) is 0.379. The molecule has 0 aliphatic carbocycles. The number of aromatic nitrogens is 3. The zero-order valence-corrected chi connectivity index (χ0v) is 22.2. The molecule has 0 spiro atoms. The number of hydrogen-bond acceptors (Lipinski definition) is 7. The number of nitrogens with zero attached hydrogens (tertiary/aromatic N) is 6. The Morgan fingerprint density at radius 3 is 2.46 bits per heavy atom. The molecule has 1 aromatic heterocycles. The molecular formula is C29H33FN6O3. The smallest absolute Gasteiger partial charge is 0.360 e. The van der Waals surface area contributed by atoms with Gasteiger partial charge in [0.05, 0.1) is 25.4 Å². The van der Waals surface area contributed by atoms with Gasteiger partial charge in [0.15, 0.2) is 5.69 Å². The van der Waals surface area contributed by atoms with Crippen molar-refractivity contribution < 1.29 is 18.7 Å². The number of ether oxygens (including phenoxy) is 1. The summed E-state index contributed by atoms with van der Waals surface area (Å²) in [4.78, 5) is 32.1. The number of hydrogen-bond donors (Lipinski definition) is 0. The molecule has 204 valence electrons. The van der Waals surface area contributed by atoms with E-state index < -0.39 is 5.97 Å². The van der Waals surface area contributed by atoms with E-state index in [-0.39, 0.29) is 29.5 Å². The minimum absolute atomic E-state index is 0.0945. The number of likely N-dealkylation sites (tertiary alicyclic amines) is 1. The van der Waals surface area contributed by atoms with Gasteiger partial charge in [-0.25, -0.2) is 13.9 Å². The van der Waals surface area contributed by atoms with E-state index in [0.717, 1.165) is 16.8 Å². The average Bonchev–Trinajstić information content (AvgIpc) is 3.61. The lowest BCUT2D eigenvalue weighted by Gasteiger charge is -2.38. The minimum atomic E-state index is -0.538. The van der Waals surface area contributed by atoms with E-state index in [1.807, 2.05) is 23.1 Å². The van der Waals surface area contributed by atoms with Crippen LogP contribution in [-0.2, 0) is 9.53 Å². The Bertz CT molecular complexity index is 1320. The van der Waals surface area contributed by atoms with Crippen molar-refractivity contribution in [3.05, 3.63) is 83.4 Å². The van der Waals surface area contributed by atoms with Crippen LogP contribution in [0.3, 0.4) is 0 Å². The number of methoxy groups -OCH3 is 1. The summed E-state index contributed by atoms with van der Waals surface area (Å²) in [5.41, 5.74) is 3.37. The number of carbonyl (C=O) groups is 2. The largest absolute Gasteiger partial charge is 0.464 e. The monoisotopic (exact) mass is 532 g/mol. The van der Waals surface area contributed by atoms with Crippen LogP contribution in [0.25, 0.3) is 6.08 Å². The number of benzene rings is 2. The van der Waals surface area contributed by atoms with Crippen LogP contribution in [0.1, 0.15) is 35.4 Å². The normalized spacial score (nSPS) is 20.3. The Balaban J connectivity index is 1.30. The van der Waals surface area contributed by atoms with Crippen LogP contribution in [0.5, 0.6) is 0 Å². The highest BCUT2D eigenvalue weighted by atomic mass is 19.1. The molecule has 0 N–H and O–H groups in total. The predicted molar refractivity (Wildman–Crippen MR) is 146 cm³/mol. The molecule has 2 aromatic carbocycles. The number of piperazine rings is 1. The van der Waals surface area contributed by atoms with Gasteiger partial charge >= 0.3 is 5.97 Å². The Morgan fingerprint density at radius 2 is 1.77 bits per heavy atom. The zero-order chi connectivity index (χ0) is 27.4. The van der Waals surface area contributed by atoms with Gasteiger partial charge in [0.2, 0.25) is 5.91 Å². The second kappa shape index (κ2) is 11.8. The third-order valence-electron chi connectivity index (χ3n) is 7.39. The van der Waals surface area contributed by atoms with Crippen LogP contribution in [0.4, 0.5) is 10.1 Å². The van der Waals surface area contributed by atoms with Gasteiger partial charge in [-0.3, -0.25) is 9.69 Å². The molecule has 2 fully saturated rings. The lowest BCUT2D eigenvalue weighted by atomic mass is 10.1. The highest BCUT2D eigenvalue weighted by molar-refractivity contribution is 5.86. The third-order valence-corrected chi connectivity index (χ3v) is 7.39. The molecule has 3 heterocycles. The molecule has 2 aliphatic heterocycles. The molecule has 0 unspecified atom stereocenters. The summed E-state index contributed by atoms with van der Waals surface area (Å²) in [6.45, 7) is 5.89. The van der Waals surface area contributed by atoms with Crippen molar-refractivity contribution in [2.75, 3.05) is 51.3 Å². The number of esters is 1. The van der Waals surface area contributed by atoms with Crippen molar-refractivity contribution >= 4 is 23.6 Å². The van der Waals surface area contributed by atoms with Gasteiger partial charge < -0.3 is 14.5 Å². The lowest BCUT2D eigenvalue weighted by Crippen LogP contribution is -2.53. The van der Waals surface area contributed by atoms with Gasteiger partial charge in [0.1, 0.15) is 5.82 Å². The fourth-order valence-corrected chi connectivity index (χ4v) is 5.40. The Morgan fingerprint density at radius 1 is 1.05 bits per heavy atom. The molecule has 1 amide bonds. The second-order valence-electron chi connectivity index (χ2n) is 10.1. The Hall–Kier alpha value is -4.05. The fourth-order valence-electron chi connectivity index (χ4n) is 5.40. The SMILES string of the molecule is COC(=O)c1cn([C@@H]2C[C@@H](C(=O)N3CCN(c4ccc(F)cc4)CC3)N(C/C(C)=C/c3ccccc3)C2)nn1. The second-order valence-corrected chi connectivity index (χ2v) is 10.1. The maximum atomic E-state index is 13.9. The van der Waals surface area contributed by atoms with E-state index in [1.165, 1.54) is 19.2 Å². The summed E-state index contributed by atoms with van der Waals surface area (Å²) in [6.07, 6.45) is 4.30. The Labute approximate surface area is 227 Å². The molecule has 9 nitrogen and oxygen atoms in total. The van der Waals surface area contributed by atoms with Gasteiger partial charge in [0.25, 0.3) is 0 Å². The van der Waals surface area contributed by atoms with Crippen LogP contribution in [0, 0.1) is 5.82 Å². The number of halogens is 1. The molecule has 2 aliphatic rings. The lowest BCUT2D eigenvalue weighted by molar-refractivity contribution is -0.136. The van der Waals surface area contributed by atoms with Gasteiger partial charge in [0, 0.05) is 45.0 Å². The predicted octanol–water partition coefficient (Wildman–Crippen LogP) is 3.27. The van der Waals surface area contributed by atoms with E-state index in [4.69, 9.17) is 4.74 Å². The molecule has 2 saturated heterocycles. The quantitative estimate of drug-likeness (QED) is 0.432. The molecule has 10 heteroatoms. The first-order chi connectivity index (χ1) is 18.9. The molecule has 0 radical (unpaired) electrons. The van der Waals surface area contributed by atoms with Crippen molar-refractivity contribution in [3.63, 3.8) is 0 Å². The number of amides is 1. The van der Waals surface area contributed by atoms with E-state index >= 15 is 0 Å². The molecule has 2 atom stereocenters. The highest BCUT2D eigenvalue weighted by Gasteiger charge is 2.40.